The van der Waals surface area contributed by atoms with Crippen LogP contribution >= 0.6 is 35.0 Å². The Morgan fingerprint density at radius 3 is 1.83 bits per heavy atom. The van der Waals surface area contributed by atoms with E-state index >= 15 is 0 Å². The van der Waals surface area contributed by atoms with Gasteiger partial charge in [-0.2, -0.15) is 15.0 Å². The lowest BCUT2D eigenvalue weighted by atomic mass is 10.2. The predicted octanol–water partition coefficient (Wildman–Crippen LogP) is 6.70. The van der Waals surface area contributed by atoms with Crippen LogP contribution in [0.4, 0.5) is 0 Å². The molecule has 0 saturated heterocycles. The molecular weight excluding hydrogens is 441 g/mol. The molecule has 0 spiro atoms. The van der Waals surface area contributed by atoms with Crippen molar-refractivity contribution in [2.24, 2.45) is 0 Å². The molecule has 5 nitrogen and oxygen atoms in total. The maximum Gasteiger partial charge on any atom is 0.327 e. The Balaban J connectivity index is 1.33. The minimum absolute atomic E-state index is 0.0200. The molecule has 0 N–H and O–H groups in total. The molecule has 0 unspecified atom stereocenters. The third-order valence-electron chi connectivity index (χ3n) is 3.90. The van der Waals surface area contributed by atoms with Crippen molar-refractivity contribution < 1.29 is 9.47 Å². The van der Waals surface area contributed by atoms with E-state index in [1.807, 2.05) is 78.9 Å². The fraction of sp³-hybridized carbons (Fsp3) is 0.0455. The summed E-state index contributed by atoms with van der Waals surface area (Å²) in [6.07, 6.45) is 0. The molecule has 0 aliphatic heterocycles. The van der Waals surface area contributed by atoms with E-state index in [0.717, 1.165) is 21.1 Å². The van der Waals surface area contributed by atoms with Crippen molar-refractivity contribution in [2.75, 3.05) is 0 Å². The monoisotopic (exact) mass is 455 g/mol. The predicted molar refractivity (Wildman–Crippen MR) is 118 cm³/mol. The topological polar surface area (TPSA) is 57.1 Å². The normalized spacial score (nSPS) is 10.6. The number of hydrogen-bond donors (Lipinski definition) is 0. The summed E-state index contributed by atoms with van der Waals surface area (Å²) in [6.45, 7) is 0.548. The molecule has 4 rings (SSSR count). The van der Waals surface area contributed by atoms with Crippen LogP contribution in [0.5, 0.6) is 17.5 Å². The number of rotatable bonds is 7. The lowest BCUT2D eigenvalue weighted by molar-refractivity contribution is 0.306. The highest BCUT2D eigenvalue weighted by molar-refractivity contribution is 7.99. The summed E-state index contributed by atoms with van der Waals surface area (Å²) in [6, 6.07) is 25.7. The van der Waals surface area contributed by atoms with E-state index in [4.69, 9.17) is 32.7 Å². The highest BCUT2D eigenvalue weighted by atomic mass is 35.5. The molecule has 0 radical (unpaired) electrons. The standard InChI is InChI=1S/C22H15Cl2N3O2S/c23-20-25-21(24)27-22(26-20)29-17-8-12-19(13-9-17)30-18-10-6-16(7-11-18)28-14-15-4-2-1-3-5-15/h1-13H,14H2. The molecule has 0 fully saturated rings. The fourth-order valence-corrected chi connectivity index (χ4v) is 3.68. The van der Waals surface area contributed by atoms with Crippen LogP contribution < -0.4 is 9.47 Å². The van der Waals surface area contributed by atoms with Crippen molar-refractivity contribution >= 4 is 35.0 Å². The van der Waals surface area contributed by atoms with Crippen molar-refractivity contribution in [1.82, 2.24) is 15.0 Å². The number of ether oxygens (including phenoxy) is 2. The van der Waals surface area contributed by atoms with Crippen LogP contribution in [0.15, 0.2) is 88.7 Å². The fourth-order valence-electron chi connectivity index (χ4n) is 2.52. The molecule has 0 aliphatic rings. The van der Waals surface area contributed by atoms with Gasteiger partial charge in [-0.05, 0) is 77.3 Å². The first-order chi connectivity index (χ1) is 14.6. The molecule has 0 bridgehead atoms. The third-order valence-corrected chi connectivity index (χ3v) is 5.25. The lowest BCUT2D eigenvalue weighted by Crippen LogP contribution is -1.95. The van der Waals surface area contributed by atoms with E-state index in [1.165, 1.54) is 0 Å². The molecule has 0 amide bonds. The summed E-state index contributed by atoms with van der Waals surface area (Å²) in [4.78, 5) is 13.6. The van der Waals surface area contributed by atoms with Crippen molar-refractivity contribution in [2.45, 2.75) is 16.4 Å². The number of aromatic nitrogens is 3. The van der Waals surface area contributed by atoms with Crippen LogP contribution in [0.25, 0.3) is 0 Å². The van der Waals surface area contributed by atoms with Gasteiger partial charge in [0.1, 0.15) is 18.1 Å². The van der Waals surface area contributed by atoms with Crippen molar-refractivity contribution in [3.63, 3.8) is 0 Å². The van der Waals surface area contributed by atoms with Gasteiger partial charge in [0.15, 0.2) is 0 Å². The molecule has 8 heteroatoms. The number of halogens is 2. The summed E-state index contributed by atoms with van der Waals surface area (Å²) in [5.74, 6) is 1.41. The zero-order valence-corrected chi connectivity index (χ0v) is 17.9. The first-order valence-electron chi connectivity index (χ1n) is 8.94. The first kappa shape index (κ1) is 20.5. The van der Waals surface area contributed by atoms with Gasteiger partial charge in [0, 0.05) is 9.79 Å². The second-order valence-electron chi connectivity index (χ2n) is 6.08. The summed E-state index contributed by atoms with van der Waals surface area (Å²) >= 11 is 13.1. The van der Waals surface area contributed by atoms with Gasteiger partial charge in [0.05, 0.1) is 0 Å². The Hall–Kier alpha value is -2.80. The van der Waals surface area contributed by atoms with Crippen molar-refractivity contribution in [3.8, 4) is 17.5 Å². The Bertz CT molecular complexity index is 1090. The molecule has 1 heterocycles. The zero-order chi connectivity index (χ0) is 20.8. The Morgan fingerprint density at radius 2 is 1.23 bits per heavy atom. The molecule has 0 atom stereocenters. The number of benzene rings is 3. The number of nitrogens with zero attached hydrogens (tertiary/aromatic N) is 3. The molecule has 1 aromatic heterocycles. The highest BCUT2D eigenvalue weighted by Gasteiger charge is 2.06. The summed E-state index contributed by atoms with van der Waals surface area (Å²) < 4.78 is 11.4. The van der Waals surface area contributed by atoms with Crippen LogP contribution in [-0.2, 0) is 6.61 Å². The average molecular weight is 456 g/mol. The molecule has 0 saturated carbocycles. The van der Waals surface area contributed by atoms with Crippen LogP contribution in [0.3, 0.4) is 0 Å². The molecule has 3 aromatic carbocycles. The van der Waals surface area contributed by atoms with Crippen LogP contribution in [0, 0.1) is 0 Å². The Morgan fingerprint density at radius 1 is 0.667 bits per heavy atom. The van der Waals surface area contributed by atoms with E-state index in [0.29, 0.717) is 12.4 Å². The van der Waals surface area contributed by atoms with E-state index < -0.39 is 0 Å². The summed E-state index contributed by atoms with van der Waals surface area (Å²) in [5, 5.41) is -0.0401. The lowest BCUT2D eigenvalue weighted by Gasteiger charge is -2.08. The minimum Gasteiger partial charge on any atom is -0.489 e. The maximum absolute atomic E-state index is 5.83. The summed E-state index contributed by atoms with van der Waals surface area (Å²) in [5.41, 5.74) is 1.14. The maximum atomic E-state index is 5.83. The van der Waals surface area contributed by atoms with E-state index in [1.54, 1.807) is 11.8 Å². The van der Waals surface area contributed by atoms with Crippen molar-refractivity contribution in [3.05, 3.63) is 95.0 Å². The molecule has 4 aromatic rings. The van der Waals surface area contributed by atoms with E-state index in [-0.39, 0.29) is 16.6 Å². The van der Waals surface area contributed by atoms with Crippen molar-refractivity contribution in [1.29, 1.82) is 0 Å². The van der Waals surface area contributed by atoms with E-state index in [9.17, 15) is 0 Å². The SMILES string of the molecule is Clc1nc(Cl)nc(Oc2ccc(Sc3ccc(OCc4ccccc4)cc3)cc2)n1. The smallest absolute Gasteiger partial charge is 0.327 e. The Labute approximate surface area is 188 Å². The van der Waals surface area contributed by atoms with Gasteiger partial charge in [0.25, 0.3) is 0 Å². The van der Waals surface area contributed by atoms with Gasteiger partial charge < -0.3 is 9.47 Å². The minimum atomic E-state index is -0.0200. The summed E-state index contributed by atoms with van der Waals surface area (Å²) in [7, 11) is 0. The van der Waals surface area contributed by atoms with Crippen LogP contribution in [0.2, 0.25) is 10.6 Å². The van der Waals surface area contributed by atoms with E-state index in [2.05, 4.69) is 15.0 Å². The highest BCUT2D eigenvalue weighted by Crippen LogP contribution is 2.31. The quantitative estimate of drug-likeness (QED) is 0.308. The number of hydrogen-bond acceptors (Lipinski definition) is 6. The van der Waals surface area contributed by atoms with Gasteiger partial charge in [-0.15, -0.1) is 0 Å². The van der Waals surface area contributed by atoms with Gasteiger partial charge >= 0.3 is 6.01 Å². The van der Waals surface area contributed by atoms with Gasteiger partial charge in [0.2, 0.25) is 10.6 Å². The van der Waals surface area contributed by atoms with Gasteiger partial charge in [-0.25, -0.2) is 0 Å². The average Bonchev–Trinajstić information content (AvgIpc) is 2.75. The second-order valence-corrected chi connectivity index (χ2v) is 7.90. The second kappa shape index (κ2) is 9.80. The zero-order valence-electron chi connectivity index (χ0n) is 15.5. The molecule has 30 heavy (non-hydrogen) atoms. The largest absolute Gasteiger partial charge is 0.489 e. The van der Waals surface area contributed by atoms with Crippen LogP contribution in [-0.4, -0.2) is 15.0 Å². The molecular formula is C22H15Cl2N3O2S. The molecule has 0 aliphatic carbocycles. The Kier molecular flexibility index (Phi) is 6.69. The van der Waals surface area contributed by atoms with Gasteiger partial charge in [-0.3, -0.25) is 0 Å². The first-order valence-corrected chi connectivity index (χ1v) is 10.5. The van der Waals surface area contributed by atoms with Crippen LogP contribution in [0.1, 0.15) is 5.56 Å². The molecule has 150 valence electrons. The third kappa shape index (κ3) is 5.86. The van der Waals surface area contributed by atoms with Gasteiger partial charge in [-0.1, -0.05) is 42.1 Å².